The molecule has 0 atom stereocenters. The Morgan fingerprint density at radius 2 is 2.16 bits per heavy atom. The molecule has 0 saturated carbocycles. The van der Waals surface area contributed by atoms with Gasteiger partial charge in [0, 0.05) is 30.4 Å². The number of hydrogen-bond acceptors (Lipinski definition) is 7. The number of rotatable bonds is 7. The number of aryl methyl sites for hydroxylation is 1. The third-order valence-corrected chi connectivity index (χ3v) is 5.44. The summed E-state index contributed by atoms with van der Waals surface area (Å²) in [6.07, 6.45) is 2.76. The molecule has 0 saturated heterocycles. The fourth-order valence-corrected chi connectivity index (χ4v) is 3.76. The highest BCUT2D eigenvalue weighted by molar-refractivity contribution is 5.98. The van der Waals surface area contributed by atoms with E-state index in [4.69, 9.17) is 21.2 Å². The minimum Gasteiger partial charge on any atom is -0.491 e. The molecule has 1 aromatic carbocycles. The van der Waals surface area contributed by atoms with Crippen LogP contribution in [0.2, 0.25) is 0 Å². The Morgan fingerprint density at radius 1 is 1.42 bits per heavy atom. The number of nitrogens with zero attached hydrogens (tertiary/aromatic N) is 3. The van der Waals surface area contributed by atoms with Crippen LogP contribution in [0.3, 0.4) is 0 Å². The van der Waals surface area contributed by atoms with Gasteiger partial charge in [0.25, 0.3) is 5.90 Å². The summed E-state index contributed by atoms with van der Waals surface area (Å²) in [6.45, 7) is 8.93. The molecule has 31 heavy (non-hydrogen) atoms. The maximum absolute atomic E-state index is 11.6. The first-order valence-corrected chi connectivity index (χ1v) is 10.1. The largest absolute Gasteiger partial charge is 0.491 e. The fourth-order valence-electron chi connectivity index (χ4n) is 3.76. The van der Waals surface area contributed by atoms with Crippen molar-refractivity contribution in [1.29, 1.82) is 0 Å². The highest BCUT2D eigenvalue weighted by Gasteiger charge is 2.32. The Labute approximate surface area is 181 Å². The van der Waals surface area contributed by atoms with Gasteiger partial charge in [0.1, 0.15) is 17.9 Å². The average Bonchev–Trinajstić information content (AvgIpc) is 3.04. The van der Waals surface area contributed by atoms with E-state index in [0.717, 1.165) is 30.5 Å². The van der Waals surface area contributed by atoms with E-state index in [-0.39, 0.29) is 35.8 Å². The van der Waals surface area contributed by atoms with Crippen molar-refractivity contribution in [2.45, 2.75) is 33.1 Å². The molecule has 1 aliphatic rings. The van der Waals surface area contributed by atoms with Gasteiger partial charge in [-0.3, -0.25) is 4.68 Å². The standard InChI is InChI=1S/C22H29N5O4/c1-13(14-5-6-18(30-10-9-23)16(11-14)21(28)29)25-20(31-24)19-15-7-8-22(2,3)12-17(15)27(4)26-19/h5-6,11H,1,7-10,12,23-24H2,2-4H3,(H,28,29)/b25-20-. The van der Waals surface area contributed by atoms with Gasteiger partial charge in [-0.15, -0.1) is 0 Å². The lowest BCUT2D eigenvalue weighted by Crippen LogP contribution is -2.24. The predicted molar refractivity (Wildman–Crippen MR) is 118 cm³/mol. The molecule has 9 nitrogen and oxygen atoms in total. The topological polar surface area (TPSA) is 138 Å². The van der Waals surface area contributed by atoms with Crippen LogP contribution < -0.4 is 16.4 Å². The van der Waals surface area contributed by atoms with E-state index in [0.29, 0.717) is 17.0 Å². The summed E-state index contributed by atoms with van der Waals surface area (Å²) >= 11 is 0. The number of nitrogens with two attached hydrogens (primary N) is 2. The molecular formula is C22H29N5O4. The summed E-state index contributed by atoms with van der Waals surface area (Å²) in [5.74, 6) is 4.79. The van der Waals surface area contributed by atoms with Crippen molar-refractivity contribution in [2.75, 3.05) is 13.2 Å². The van der Waals surface area contributed by atoms with Gasteiger partial charge in [0.15, 0.2) is 5.69 Å². The molecule has 0 aliphatic heterocycles. The van der Waals surface area contributed by atoms with Crippen LogP contribution in [0.15, 0.2) is 29.8 Å². The zero-order valence-electron chi connectivity index (χ0n) is 18.1. The molecule has 0 amide bonds. The number of fused-ring (bicyclic) bond motifs is 1. The molecule has 1 aromatic heterocycles. The SMILES string of the molecule is C=C(/N=C(\ON)c1nn(C)c2c1CCC(C)(C)C2)c1ccc(OCCN)c(C(=O)O)c1. The zero-order chi connectivity index (χ0) is 22.8. The molecule has 0 bridgehead atoms. The molecule has 0 unspecified atom stereocenters. The highest BCUT2D eigenvalue weighted by Crippen LogP contribution is 2.36. The summed E-state index contributed by atoms with van der Waals surface area (Å²) in [5.41, 5.74) is 9.20. The molecular weight excluding hydrogens is 398 g/mol. The molecule has 0 spiro atoms. The van der Waals surface area contributed by atoms with E-state index in [1.165, 1.54) is 6.07 Å². The summed E-state index contributed by atoms with van der Waals surface area (Å²) in [6, 6.07) is 4.68. The third kappa shape index (κ3) is 4.78. The van der Waals surface area contributed by atoms with Crippen LogP contribution in [0, 0.1) is 5.41 Å². The van der Waals surface area contributed by atoms with Gasteiger partial charge in [0.05, 0.1) is 5.70 Å². The van der Waals surface area contributed by atoms with Crippen LogP contribution >= 0.6 is 0 Å². The molecule has 5 N–H and O–H groups in total. The number of benzene rings is 1. The first-order valence-electron chi connectivity index (χ1n) is 10.1. The van der Waals surface area contributed by atoms with Crippen LogP contribution in [-0.4, -0.2) is 39.9 Å². The molecule has 3 rings (SSSR count). The third-order valence-electron chi connectivity index (χ3n) is 5.44. The van der Waals surface area contributed by atoms with E-state index >= 15 is 0 Å². The van der Waals surface area contributed by atoms with Gasteiger partial charge in [-0.05, 0) is 42.9 Å². The fraction of sp³-hybridized carbons (Fsp3) is 0.409. The Kier molecular flexibility index (Phi) is 6.47. The maximum Gasteiger partial charge on any atom is 0.339 e. The van der Waals surface area contributed by atoms with Crippen molar-refractivity contribution in [2.24, 2.45) is 29.1 Å². The second-order valence-electron chi connectivity index (χ2n) is 8.37. The van der Waals surface area contributed by atoms with Crippen LogP contribution in [0.5, 0.6) is 5.75 Å². The van der Waals surface area contributed by atoms with E-state index in [1.54, 1.807) is 12.1 Å². The van der Waals surface area contributed by atoms with Crippen molar-refractivity contribution in [3.8, 4) is 5.75 Å². The summed E-state index contributed by atoms with van der Waals surface area (Å²) in [7, 11) is 1.89. The first-order chi connectivity index (χ1) is 14.7. The van der Waals surface area contributed by atoms with Crippen molar-refractivity contribution < 1.29 is 19.5 Å². The highest BCUT2D eigenvalue weighted by atomic mass is 16.6. The minimum absolute atomic E-state index is 0.00466. The lowest BCUT2D eigenvalue weighted by Gasteiger charge is -2.29. The van der Waals surface area contributed by atoms with Crippen molar-refractivity contribution >= 4 is 17.6 Å². The van der Waals surface area contributed by atoms with Gasteiger partial charge in [-0.2, -0.15) is 11.0 Å². The molecule has 9 heteroatoms. The van der Waals surface area contributed by atoms with E-state index in [9.17, 15) is 9.90 Å². The zero-order valence-corrected chi connectivity index (χ0v) is 18.1. The number of carboxylic acids is 1. The van der Waals surface area contributed by atoms with Gasteiger partial charge < -0.3 is 20.4 Å². The Morgan fingerprint density at radius 3 is 2.81 bits per heavy atom. The molecule has 166 valence electrons. The van der Waals surface area contributed by atoms with Crippen LogP contribution in [0.25, 0.3) is 5.70 Å². The van der Waals surface area contributed by atoms with Crippen LogP contribution in [-0.2, 0) is 24.7 Å². The lowest BCUT2D eigenvalue weighted by molar-refractivity contribution is 0.0692. The number of ether oxygens (including phenoxy) is 1. The summed E-state index contributed by atoms with van der Waals surface area (Å²) < 4.78 is 7.25. The van der Waals surface area contributed by atoms with Gasteiger partial charge in [-0.25, -0.2) is 9.79 Å². The number of carboxylic acid groups (broad SMARTS) is 1. The Balaban J connectivity index is 1.95. The minimum atomic E-state index is -1.12. The van der Waals surface area contributed by atoms with Gasteiger partial charge in [-0.1, -0.05) is 20.4 Å². The average molecular weight is 428 g/mol. The number of carbonyl (C=O) groups is 1. The molecule has 1 heterocycles. The van der Waals surface area contributed by atoms with Crippen LogP contribution in [0.1, 0.15) is 53.1 Å². The second-order valence-corrected chi connectivity index (χ2v) is 8.37. The number of aromatic carboxylic acids is 1. The molecule has 2 aromatic rings. The second kappa shape index (κ2) is 8.91. The first kappa shape index (κ1) is 22.5. The summed E-state index contributed by atoms with van der Waals surface area (Å²) in [4.78, 5) is 21.1. The Bertz CT molecular complexity index is 1040. The smallest absolute Gasteiger partial charge is 0.339 e. The molecule has 1 aliphatic carbocycles. The van der Waals surface area contributed by atoms with E-state index in [1.807, 2.05) is 11.7 Å². The summed E-state index contributed by atoms with van der Waals surface area (Å²) in [5, 5.41) is 14.1. The normalized spacial score (nSPS) is 15.3. The quantitative estimate of drug-likeness (QED) is 0.350. The number of aromatic nitrogens is 2. The molecule has 0 radical (unpaired) electrons. The van der Waals surface area contributed by atoms with Gasteiger partial charge >= 0.3 is 5.97 Å². The predicted octanol–water partition coefficient (Wildman–Crippen LogP) is 2.28. The lowest BCUT2D eigenvalue weighted by atomic mass is 9.76. The molecule has 0 fully saturated rings. The van der Waals surface area contributed by atoms with Crippen molar-refractivity contribution in [3.63, 3.8) is 0 Å². The van der Waals surface area contributed by atoms with Crippen molar-refractivity contribution in [1.82, 2.24) is 9.78 Å². The van der Waals surface area contributed by atoms with E-state index in [2.05, 4.69) is 30.5 Å². The Hall–Kier alpha value is -3.17. The van der Waals surface area contributed by atoms with Crippen LogP contribution in [0.4, 0.5) is 0 Å². The number of hydrogen-bond donors (Lipinski definition) is 3. The monoisotopic (exact) mass is 427 g/mol. The van der Waals surface area contributed by atoms with Crippen molar-refractivity contribution in [3.05, 3.63) is 52.9 Å². The van der Waals surface area contributed by atoms with Gasteiger partial charge in [0.2, 0.25) is 0 Å². The maximum atomic E-state index is 11.6. The number of aliphatic imine (C=N–C) groups is 1. The van der Waals surface area contributed by atoms with E-state index < -0.39 is 5.97 Å².